The number of aromatic amines is 1. The van der Waals surface area contributed by atoms with E-state index in [4.69, 9.17) is 4.74 Å². The fraction of sp³-hybridized carbons (Fsp3) is 0.412. The van der Waals surface area contributed by atoms with Gasteiger partial charge in [-0.25, -0.2) is 18.5 Å². The number of unbranched alkanes of at least 4 members (excludes halogenated alkanes) is 2. The number of nitrogens with zero attached hydrogens (tertiary/aromatic N) is 4. The lowest BCUT2D eigenvalue weighted by Crippen LogP contribution is -2.39. The van der Waals surface area contributed by atoms with Crippen LogP contribution in [0.15, 0.2) is 36.5 Å². The molecule has 2 unspecified atom stereocenters. The summed E-state index contributed by atoms with van der Waals surface area (Å²) in [5.74, 6) is -1.19. The molecule has 1 fully saturated rings. The van der Waals surface area contributed by atoms with E-state index in [1.54, 1.807) is 18.2 Å². The second-order valence-electron chi connectivity index (χ2n) is 12.0. The summed E-state index contributed by atoms with van der Waals surface area (Å²) in [5, 5.41) is 22.6. The first-order chi connectivity index (χ1) is 22.6. The zero-order valence-electron chi connectivity index (χ0n) is 26.8. The number of aromatic nitrogens is 3. The van der Waals surface area contributed by atoms with E-state index in [-0.39, 0.29) is 23.3 Å². The smallest absolute Gasteiger partial charge is 0.348 e. The third-order valence-corrected chi connectivity index (χ3v) is 8.90. The van der Waals surface area contributed by atoms with E-state index in [1.165, 1.54) is 10.7 Å². The molecule has 0 amide bonds. The summed E-state index contributed by atoms with van der Waals surface area (Å²) in [4.78, 5) is 32.1. The van der Waals surface area contributed by atoms with Crippen molar-refractivity contribution in [1.29, 1.82) is 5.26 Å². The Labute approximate surface area is 276 Å². The first-order valence-electron chi connectivity index (χ1n) is 16.0. The number of carboxylic acids is 1. The predicted molar refractivity (Wildman–Crippen MR) is 180 cm³/mol. The highest BCUT2D eigenvalue weighted by molar-refractivity contribution is 7.80. The highest BCUT2D eigenvalue weighted by atomic mass is 32.2. The number of hydrogen-bond acceptors (Lipinski definition) is 7. The zero-order valence-corrected chi connectivity index (χ0v) is 27.7. The Morgan fingerprint density at radius 1 is 1.17 bits per heavy atom. The largest absolute Gasteiger partial charge is 0.481 e. The van der Waals surface area contributed by atoms with Crippen LogP contribution in [0.2, 0.25) is 0 Å². The topological polar surface area (TPSA) is 173 Å². The van der Waals surface area contributed by atoms with Crippen molar-refractivity contribution in [3.05, 3.63) is 64.3 Å². The Hall–Kier alpha value is -4.67. The molecule has 1 aliphatic heterocycles. The van der Waals surface area contributed by atoms with Crippen molar-refractivity contribution >= 4 is 40.2 Å². The molecular weight excluding hydrogens is 620 g/mol. The van der Waals surface area contributed by atoms with E-state index < -0.39 is 29.1 Å². The van der Waals surface area contributed by atoms with Crippen LogP contribution in [-0.4, -0.2) is 53.5 Å². The molecule has 0 aliphatic carbocycles. The Morgan fingerprint density at radius 2 is 1.87 bits per heavy atom. The number of H-pyrrole nitrogens is 1. The maximum atomic E-state index is 13.9. The van der Waals surface area contributed by atoms with Gasteiger partial charge >= 0.3 is 11.9 Å². The van der Waals surface area contributed by atoms with Crippen molar-refractivity contribution in [3.8, 4) is 23.2 Å². The molecular formula is C34H40N6O6S. The van der Waals surface area contributed by atoms with Crippen molar-refractivity contribution in [1.82, 2.24) is 14.6 Å². The van der Waals surface area contributed by atoms with Gasteiger partial charge < -0.3 is 14.7 Å². The van der Waals surface area contributed by atoms with Crippen LogP contribution in [-0.2, 0) is 28.9 Å². The first-order valence-corrected chi connectivity index (χ1v) is 17.1. The molecule has 4 aromatic rings. The molecule has 13 heteroatoms. The van der Waals surface area contributed by atoms with E-state index >= 15 is 0 Å². The number of anilines is 2. The lowest BCUT2D eigenvalue weighted by molar-refractivity contribution is -0.141. The minimum atomic E-state index is -2.39. The van der Waals surface area contributed by atoms with Gasteiger partial charge in [-0.2, -0.15) is 5.26 Å². The quantitative estimate of drug-likeness (QED) is 0.0733. The zero-order chi connectivity index (χ0) is 33.7. The van der Waals surface area contributed by atoms with Gasteiger partial charge in [-0.15, -0.1) is 0 Å². The number of aliphatic carboxylic acids is 1. The summed E-state index contributed by atoms with van der Waals surface area (Å²) in [6.07, 6.45) is 8.14. The van der Waals surface area contributed by atoms with E-state index in [1.807, 2.05) is 11.8 Å². The van der Waals surface area contributed by atoms with E-state index in [0.29, 0.717) is 47.9 Å². The van der Waals surface area contributed by atoms with Crippen LogP contribution in [0, 0.1) is 24.2 Å². The second-order valence-corrected chi connectivity index (χ2v) is 12.7. The van der Waals surface area contributed by atoms with E-state index in [9.17, 15) is 28.7 Å². The monoisotopic (exact) mass is 660 g/mol. The van der Waals surface area contributed by atoms with Gasteiger partial charge in [0.15, 0.2) is 11.5 Å². The van der Waals surface area contributed by atoms with Gasteiger partial charge in [-0.3, -0.25) is 19.2 Å². The number of piperidine rings is 1. The van der Waals surface area contributed by atoms with Gasteiger partial charge in [0.1, 0.15) is 17.4 Å². The maximum absolute atomic E-state index is 13.9. The summed E-state index contributed by atoms with van der Waals surface area (Å²) >= 11 is -2.39. The number of carbonyl (C=O) groups is 2. The minimum absolute atomic E-state index is 0.0397. The first kappa shape index (κ1) is 33.7. The molecule has 1 aliphatic rings. The van der Waals surface area contributed by atoms with Crippen molar-refractivity contribution in [2.75, 3.05) is 22.7 Å². The van der Waals surface area contributed by atoms with Gasteiger partial charge in [0.2, 0.25) is 0 Å². The Balaban J connectivity index is 1.51. The lowest BCUT2D eigenvalue weighted by Gasteiger charge is -2.33. The Kier molecular flexibility index (Phi) is 10.6. The van der Waals surface area contributed by atoms with Gasteiger partial charge in [0.25, 0.3) is 11.3 Å². The molecule has 0 spiro atoms. The van der Waals surface area contributed by atoms with Crippen molar-refractivity contribution in [2.45, 2.75) is 72.1 Å². The number of benzene rings is 2. The molecule has 2 atom stereocenters. The molecule has 0 bridgehead atoms. The van der Waals surface area contributed by atoms with E-state index in [2.05, 4.69) is 46.9 Å². The molecule has 2 aromatic carbocycles. The highest BCUT2D eigenvalue weighted by Gasteiger charge is 2.28. The Morgan fingerprint density at radius 3 is 2.49 bits per heavy atom. The third kappa shape index (κ3) is 7.50. The second kappa shape index (κ2) is 14.8. The number of fused-ring (bicyclic) bond motifs is 1. The van der Waals surface area contributed by atoms with Gasteiger partial charge in [0, 0.05) is 24.8 Å². The van der Waals surface area contributed by atoms with Crippen LogP contribution in [0.25, 0.3) is 17.0 Å². The fourth-order valence-corrected chi connectivity index (χ4v) is 6.54. The molecule has 5 rings (SSSR count). The number of rotatable bonds is 13. The standard InChI is InChI=1S/C34H40N6O6S/c1-4-6-9-22-15-21(3)16-23(10-7-5-2)30(22)46-34(43)29-26(18-35)20-40-32(29)36-31(37-40)24-12-13-28(27(17-24)38-47(44)45)39-14-8-11-25(19-39)33(41)42/h12-13,15-17,20,25,38H,4-11,14,19H2,1-3H3,(H,36,37)(H,41,42)(H,44,45). The summed E-state index contributed by atoms with van der Waals surface area (Å²) in [5.41, 5.74) is 4.86. The number of ether oxygens (including phenoxy) is 1. The van der Waals surface area contributed by atoms with Crippen LogP contribution in [0.3, 0.4) is 0 Å². The molecule has 12 nitrogen and oxygen atoms in total. The minimum Gasteiger partial charge on any atom is -0.481 e. The number of esters is 1. The summed E-state index contributed by atoms with van der Waals surface area (Å²) in [7, 11) is 0. The highest BCUT2D eigenvalue weighted by Crippen LogP contribution is 2.35. The number of carbonyl (C=O) groups excluding carboxylic acids is 1. The van der Waals surface area contributed by atoms with Gasteiger partial charge in [0.05, 0.1) is 22.9 Å². The summed E-state index contributed by atoms with van der Waals surface area (Å²) in [6, 6.07) is 11.4. The number of hydrogen-bond donors (Lipinski definition) is 4. The van der Waals surface area contributed by atoms with Crippen molar-refractivity contribution < 1.29 is 28.2 Å². The van der Waals surface area contributed by atoms with Gasteiger partial charge in [-0.05, 0) is 74.8 Å². The molecule has 1 saturated heterocycles. The maximum Gasteiger partial charge on any atom is 0.348 e. The molecule has 4 N–H and O–H groups in total. The van der Waals surface area contributed by atoms with Crippen molar-refractivity contribution in [2.24, 2.45) is 5.92 Å². The molecule has 2 aromatic heterocycles. The SMILES string of the molecule is CCCCc1cc(C)cc(CCCC)c1OC(=O)c1c(C#N)cn2[nH]c(-c3ccc(N4CCCC(C(=O)O)C4)c(NS(=O)O)c3)nc12. The summed E-state index contributed by atoms with van der Waals surface area (Å²) in [6.45, 7) is 7.14. The molecule has 0 saturated carbocycles. The predicted octanol–water partition coefficient (Wildman–Crippen LogP) is 6.26. The number of aryl methyl sites for hydroxylation is 3. The van der Waals surface area contributed by atoms with E-state index in [0.717, 1.165) is 55.2 Å². The number of nitriles is 1. The third-order valence-electron chi connectivity index (χ3n) is 8.51. The molecule has 0 radical (unpaired) electrons. The van der Waals surface area contributed by atoms with Crippen LogP contribution >= 0.6 is 0 Å². The van der Waals surface area contributed by atoms with Crippen LogP contribution in [0.4, 0.5) is 11.4 Å². The Bertz CT molecular complexity index is 1830. The molecule has 3 heterocycles. The number of carboxylic acid groups (broad SMARTS) is 1. The average molecular weight is 661 g/mol. The number of nitrogens with one attached hydrogen (secondary N) is 2. The molecule has 47 heavy (non-hydrogen) atoms. The lowest BCUT2D eigenvalue weighted by atomic mass is 9.97. The van der Waals surface area contributed by atoms with Crippen molar-refractivity contribution in [3.63, 3.8) is 0 Å². The normalized spacial score (nSPS) is 15.4. The fourth-order valence-electron chi connectivity index (χ4n) is 6.19. The van der Waals surface area contributed by atoms with Crippen LogP contribution in [0.1, 0.15) is 85.0 Å². The van der Waals surface area contributed by atoms with Crippen LogP contribution in [0.5, 0.6) is 5.75 Å². The summed E-state index contributed by atoms with van der Waals surface area (Å²) < 4.78 is 31.7. The van der Waals surface area contributed by atoms with Crippen LogP contribution < -0.4 is 14.4 Å². The average Bonchev–Trinajstić information content (AvgIpc) is 3.61. The van der Waals surface area contributed by atoms with Gasteiger partial charge in [-0.1, -0.05) is 44.4 Å². The molecule has 248 valence electrons.